The maximum atomic E-state index is 13.1. The van der Waals surface area contributed by atoms with Crippen LogP contribution < -0.4 is 10.2 Å². The van der Waals surface area contributed by atoms with Crippen LogP contribution in [0.25, 0.3) is 11.3 Å². The lowest BCUT2D eigenvalue weighted by molar-refractivity contribution is -0.945. The molecule has 2 bridgehead atoms. The average Bonchev–Trinajstić information content (AvgIpc) is 3.27. The number of piperidine rings is 3. The summed E-state index contributed by atoms with van der Waals surface area (Å²) >= 11 is 0. The minimum Gasteiger partial charge on any atom is -0.508 e. The molecule has 4 atom stereocenters. The van der Waals surface area contributed by atoms with Crippen LogP contribution in [-0.2, 0) is 17.9 Å². The lowest BCUT2D eigenvalue weighted by Crippen LogP contribution is -3.20. The van der Waals surface area contributed by atoms with Gasteiger partial charge in [-0.1, -0.05) is 29.5 Å². The predicted molar refractivity (Wildman–Crippen MR) is 116 cm³/mol. The topological polar surface area (TPSA) is 84.5 Å². The molecule has 8 heteroatoms. The number of aromatic hydroxyl groups is 1. The molecule has 0 saturated carbocycles. The molecule has 2 aromatic carbocycles. The Kier molecular flexibility index (Phi) is 5.61. The first-order chi connectivity index (χ1) is 15.5. The standard InChI is InChI=1S/C24H26FN5O2/c25-19-6-4-16(5-7-19)12-26-24(32)22-14-29-9-8-17(22)10-20(29)13-30-15-23(27-28-30)18-2-1-3-21(31)11-18/h1-7,11,15,17,20,22,31H,8-10,12-14H2,(H,26,32)/p+1/t17-,20+,22-/m0/s1. The van der Waals surface area contributed by atoms with Crippen molar-refractivity contribution in [3.63, 3.8) is 0 Å². The summed E-state index contributed by atoms with van der Waals surface area (Å²) < 4.78 is 14.9. The summed E-state index contributed by atoms with van der Waals surface area (Å²) in [5.74, 6) is 0.435. The first-order valence-corrected chi connectivity index (χ1v) is 11.1. The van der Waals surface area contributed by atoms with Gasteiger partial charge >= 0.3 is 0 Å². The van der Waals surface area contributed by atoms with E-state index >= 15 is 0 Å². The van der Waals surface area contributed by atoms with Gasteiger partial charge in [-0.25, -0.2) is 9.07 Å². The number of nitrogens with zero attached hydrogens (tertiary/aromatic N) is 3. The van der Waals surface area contributed by atoms with Crippen molar-refractivity contribution in [3.8, 4) is 17.0 Å². The van der Waals surface area contributed by atoms with Crippen LogP contribution in [0, 0.1) is 17.7 Å². The van der Waals surface area contributed by atoms with E-state index in [1.807, 2.05) is 16.9 Å². The fourth-order valence-electron chi connectivity index (χ4n) is 5.15. The van der Waals surface area contributed by atoms with E-state index < -0.39 is 0 Å². The van der Waals surface area contributed by atoms with E-state index in [1.54, 1.807) is 30.3 Å². The molecule has 3 aliphatic rings. The Morgan fingerprint density at radius 2 is 2.09 bits per heavy atom. The van der Waals surface area contributed by atoms with Crippen molar-refractivity contribution in [3.05, 3.63) is 66.1 Å². The molecule has 1 unspecified atom stereocenters. The molecule has 6 rings (SSSR count). The molecule has 166 valence electrons. The SMILES string of the molecule is O=C(NCc1ccc(F)cc1)[C@H]1C[NH+]2CC[C@H]1C[C@@H]2Cn1cc(-c2cccc(O)c2)nn1. The van der Waals surface area contributed by atoms with Crippen LogP contribution in [0.2, 0.25) is 0 Å². The zero-order valence-corrected chi connectivity index (χ0v) is 17.7. The number of hydrogen-bond acceptors (Lipinski definition) is 4. The summed E-state index contributed by atoms with van der Waals surface area (Å²) in [6, 6.07) is 13.7. The van der Waals surface area contributed by atoms with Crippen molar-refractivity contribution in [2.75, 3.05) is 13.1 Å². The van der Waals surface area contributed by atoms with Gasteiger partial charge in [0.25, 0.3) is 0 Å². The van der Waals surface area contributed by atoms with Crippen LogP contribution in [-0.4, -0.2) is 45.1 Å². The number of carbonyl (C=O) groups is 1. The third-order valence-electron chi connectivity index (χ3n) is 6.86. The number of benzene rings is 2. The molecule has 3 aliphatic heterocycles. The first-order valence-electron chi connectivity index (χ1n) is 11.1. The monoisotopic (exact) mass is 436 g/mol. The number of quaternary nitrogens is 1. The van der Waals surface area contributed by atoms with Crippen LogP contribution in [0.3, 0.4) is 0 Å². The molecule has 0 spiro atoms. The predicted octanol–water partition coefficient (Wildman–Crippen LogP) is 1.40. The lowest BCUT2D eigenvalue weighted by Gasteiger charge is -2.46. The Balaban J connectivity index is 1.18. The van der Waals surface area contributed by atoms with E-state index in [4.69, 9.17) is 0 Å². The first kappa shape index (κ1) is 20.6. The van der Waals surface area contributed by atoms with Crippen molar-refractivity contribution < 1.29 is 19.2 Å². The molecule has 32 heavy (non-hydrogen) atoms. The zero-order chi connectivity index (χ0) is 22.1. The van der Waals surface area contributed by atoms with Crippen molar-refractivity contribution >= 4 is 5.91 Å². The number of amides is 1. The van der Waals surface area contributed by atoms with E-state index in [-0.39, 0.29) is 23.4 Å². The maximum Gasteiger partial charge on any atom is 0.229 e. The van der Waals surface area contributed by atoms with Gasteiger partial charge in [-0.15, -0.1) is 5.10 Å². The average molecular weight is 437 g/mol. The number of phenolic OH excluding ortho intramolecular Hbond substituents is 1. The molecule has 1 amide bonds. The number of fused-ring (bicyclic) bond motifs is 3. The number of aromatic nitrogens is 3. The molecular weight excluding hydrogens is 409 g/mol. The summed E-state index contributed by atoms with van der Waals surface area (Å²) in [6.07, 6.45) is 3.97. The number of carbonyl (C=O) groups excluding carboxylic acids is 1. The summed E-state index contributed by atoms with van der Waals surface area (Å²) in [4.78, 5) is 14.3. The number of halogens is 1. The molecule has 3 saturated heterocycles. The van der Waals surface area contributed by atoms with Gasteiger partial charge < -0.3 is 15.3 Å². The molecule has 3 N–H and O–H groups in total. The summed E-state index contributed by atoms with van der Waals surface area (Å²) in [6.45, 7) is 3.10. The number of rotatable bonds is 6. The Labute approximate surface area is 185 Å². The van der Waals surface area contributed by atoms with Crippen LogP contribution in [0.5, 0.6) is 5.75 Å². The van der Waals surface area contributed by atoms with Crippen molar-refractivity contribution in [2.45, 2.75) is 32.0 Å². The summed E-state index contributed by atoms with van der Waals surface area (Å²) in [5, 5.41) is 21.3. The molecule has 0 radical (unpaired) electrons. The van der Waals surface area contributed by atoms with Gasteiger partial charge in [-0.05, 0) is 35.7 Å². The highest BCUT2D eigenvalue weighted by Crippen LogP contribution is 2.28. The van der Waals surface area contributed by atoms with Gasteiger partial charge in [0.15, 0.2) is 0 Å². The molecule has 4 heterocycles. The Morgan fingerprint density at radius 1 is 1.25 bits per heavy atom. The fraction of sp³-hybridized carbons (Fsp3) is 0.375. The summed E-state index contributed by atoms with van der Waals surface area (Å²) in [5.41, 5.74) is 2.48. The molecule has 3 aromatic rings. The second kappa shape index (κ2) is 8.70. The van der Waals surface area contributed by atoms with Crippen molar-refractivity contribution in [1.82, 2.24) is 20.3 Å². The van der Waals surface area contributed by atoms with Gasteiger partial charge in [0.1, 0.15) is 23.3 Å². The third-order valence-corrected chi connectivity index (χ3v) is 6.86. The molecule has 3 fully saturated rings. The van der Waals surface area contributed by atoms with E-state index in [0.717, 1.165) is 49.3 Å². The van der Waals surface area contributed by atoms with Crippen LogP contribution in [0.1, 0.15) is 18.4 Å². The lowest BCUT2D eigenvalue weighted by atomic mass is 9.75. The van der Waals surface area contributed by atoms with Gasteiger partial charge in [0, 0.05) is 24.9 Å². The Morgan fingerprint density at radius 3 is 2.84 bits per heavy atom. The third kappa shape index (κ3) is 4.36. The second-order valence-corrected chi connectivity index (χ2v) is 8.92. The van der Waals surface area contributed by atoms with Gasteiger partial charge in [0.2, 0.25) is 5.91 Å². The highest BCUT2D eigenvalue weighted by Gasteiger charge is 2.46. The van der Waals surface area contributed by atoms with E-state index in [0.29, 0.717) is 18.5 Å². The van der Waals surface area contributed by atoms with Gasteiger partial charge in [0.05, 0.1) is 31.7 Å². The molecular formula is C24H27FN5O2+. The van der Waals surface area contributed by atoms with Crippen LogP contribution >= 0.6 is 0 Å². The Hall–Kier alpha value is -3.26. The van der Waals surface area contributed by atoms with Crippen LogP contribution in [0.4, 0.5) is 4.39 Å². The van der Waals surface area contributed by atoms with Gasteiger partial charge in [-0.2, -0.15) is 0 Å². The second-order valence-electron chi connectivity index (χ2n) is 8.92. The van der Waals surface area contributed by atoms with Gasteiger partial charge in [-0.3, -0.25) is 4.79 Å². The van der Waals surface area contributed by atoms with Crippen molar-refractivity contribution in [1.29, 1.82) is 0 Å². The quantitative estimate of drug-likeness (QED) is 0.546. The van der Waals surface area contributed by atoms with E-state index in [9.17, 15) is 14.3 Å². The Bertz CT molecular complexity index is 1100. The normalized spacial score (nSPS) is 24.4. The maximum absolute atomic E-state index is 13.1. The fourth-order valence-corrected chi connectivity index (χ4v) is 5.15. The number of nitrogens with one attached hydrogen (secondary N) is 2. The van der Waals surface area contributed by atoms with Crippen molar-refractivity contribution in [2.24, 2.45) is 11.8 Å². The smallest absolute Gasteiger partial charge is 0.229 e. The van der Waals surface area contributed by atoms with Crippen LogP contribution in [0.15, 0.2) is 54.7 Å². The molecule has 7 nitrogen and oxygen atoms in total. The minimum absolute atomic E-state index is 0.0223. The highest BCUT2D eigenvalue weighted by molar-refractivity contribution is 5.79. The number of hydrogen-bond donors (Lipinski definition) is 3. The van der Waals surface area contributed by atoms with E-state index in [2.05, 4.69) is 15.6 Å². The molecule has 1 aromatic heterocycles. The zero-order valence-electron chi connectivity index (χ0n) is 17.7. The summed E-state index contributed by atoms with van der Waals surface area (Å²) in [7, 11) is 0. The van der Waals surface area contributed by atoms with E-state index in [1.165, 1.54) is 17.0 Å². The molecule has 0 aliphatic carbocycles. The highest BCUT2D eigenvalue weighted by atomic mass is 19.1. The minimum atomic E-state index is -0.270. The number of phenols is 1. The largest absolute Gasteiger partial charge is 0.508 e.